The maximum absolute atomic E-state index is 14.5. The summed E-state index contributed by atoms with van der Waals surface area (Å²) in [4.78, 5) is 16.8. The number of amides is 1. The number of carbonyl (C=O) groups excluding carboxylic acids is 1. The highest BCUT2D eigenvalue weighted by Gasteiger charge is 2.23. The molecular weight excluding hydrogens is 366 g/mol. The normalized spacial score (nSPS) is 14.4. The molecule has 1 N–H and O–H groups in total. The van der Waals surface area contributed by atoms with Crippen LogP contribution in [0.15, 0.2) is 36.5 Å². The van der Waals surface area contributed by atoms with Gasteiger partial charge < -0.3 is 9.47 Å². The molecule has 0 unspecified atom stereocenters. The molecule has 0 bridgehead atoms. The maximum Gasteiger partial charge on any atom is 0.412 e. The maximum atomic E-state index is 14.5. The van der Waals surface area contributed by atoms with Gasteiger partial charge in [-0.25, -0.2) is 13.6 Å². The first-order chi connectivity index (χ1) is 13.2. The number of anilines is 1. The molecule has 5 nitrogen and oxygen atoms in total. The SMILES string of the molecule is CC(C)(C)OC(=O)Nc1c(-c2cc(F)ccc2F)ccnc1C1=CCOCC1. The van der Waals surface area contributed by atoms with E-state index >= 15 is 0 Å². The topological polar surface area (TPSA) is 60.5 Å². The second kappa shape index (κ2) is 8.06. The Morgan fingerprint density at radius 3 is 2.68 bits per heavy atom. The van der Waals surface area contributed by atoms with Gasteiger partial charge in [-0.2, -0.15) is 0 Å². The molecule has 0 aliphatic carbocycles. The third-order valence-electron chi connectivity index (χ3n) is 4.06. The number of hydrogen-bond acceptors (Lipinski definition) is 4. The fourth-order valence-electron chi connectivity index (χ4n) is 2.91. The van der Waals surface area contributed by atoms with E-state index in [2.05, 4.69) is 10.3 Å². The number of ether oxygens (including phenoxy) is 2. The number of benzene rings is 1. The van der Waals surface area contributed by atoms with Crippen molar-refractivity contribution < 1.29 is 23.0 Å². The number of carbonyl (C=O) groups is 1. The minimum absolute atomic E-state index is 0.0300. The van der Waals surface area contributed by atoms with Crippen LogP contribution < -0.4 is 5.32 Å². The summed E-state index contributed by atoms with van der Waals surface area (Å²) in [5.74, 6) is -1.19. The zero-order chi connectivity index (χ0) is 20.3. The molecule has 2 aromatic rings. The van der Waals surface area contributed by atoms with E-state index in [-0.39, 0.29) is 11.3 Å². The lowest BCUT2D eigenvalue weighted by atomic mass is 9.98. The van der Waals surface area contributed by atoms with Gasteiger partial charge in [-0.05, 0) is 57.0 Å². The van der Waals surface area contributed by atoms with Gasteiger partial charge in [0, 0.05) is 17.3 Å². The zero-order valence-corrected chi connectivity index (χ0v) is 16.0. The van der Waals surface area contributed by atoms with Crippen molar-refractivity contribution in [3.8, 4) is 11.1 Å². The van der Waals surface area contributed by atoms with Crippen LogP contribution in [0.1, 0.15) is 32.9 Å². The Morgan fingerprint density at radius 2 is 2.00 bits per heavy atom. The zero-order valence-electron chi connectivity index (χ0n) is 16.0. The first kappa shape index (κ1) is 19.9. The molecule has 1 amide bonds. The second-order valence-corrected chi connectivity index (χ2v) is 7.39. The Balaban J connectivity index is 2.12. The van der Waals surface area contributed by atoms with Crippen molar-refractivity contribution in [2.75, 3.05) is 18.5 Å². The fourth-order valence-corrected chi connectivity index (χ4v) is 2.91. The molecule has 0 spiro atoms. The molecule has 1 aromatic carbocycles. The van der Waals surface area contributed by atoms with E-state index in [1.165, 1.54) is 12.3 Å². The van der Waals surface area contributed by atoms with Gasteiger partial charge >= 0.3 is 6.09 Å². The van der Waals surface area contributed by atoms with E-state index < -0.39 is 23.3 Å². The largest absolute Gasteiger partial charge is 0.444 e. The fraction of sp³-hybridized carbons (Fsp3) is 0.333. The highest BCUT2D eigenvalue weighted by Crippen LogP contribution is 2.36. The van der Waals surface area contributed by atoms with E-state index in [4.69, 9.17) is 9.47 Å². The van der Waals surface area contributed by atoms with Crippen molar-refractivity contribution in [1.29, 1.82) is 0 Å². The number of halogens is 2. The van der Waals surface area contributed by atoms with Crippen LogP contribution in [-0.4, -0.2) is 29.9 Å². The van der Waals surface area contributed by atoms with Crippen LogP contribution in [0.3, 0.4) is 0 Å². The first-order valence-corrected chi connectivity index (χ1v) is 8.96. The monoisotopic (exact) mass is 388 g/mol. The van der Waals surface area contributed by atoms with E-state index in [9.17, 15) is 13.6 Å². The number of nitrogens with zero attached hydrogens (tertiary/aromatic N) is 1. The molecule has 0 radical (unpaired) electrons. The molecule has 3 rings (SSSR count). The number of pyridine rings is 1. The van der Waals surface area contributed by atoms with Crippen LogP contribution >= 0.6 is 0 Å². The van der Waals surface area contributed by atoms with Gasteiger partial charge in [-0.3, -0.25) is 10.3 Å². The summed E-state index contributed by atoms with van der Waals surface area (Å²) in [5, 5.41) is 2.68. The third-order valence-corrected chi connectivity index (χ3v) is 4.06. The van der Waals surface area contributed by atoms with Crippen molar-refractivity contribution in [2.24, 2.45) is 0 Å². The summed E-state index contributed by atoms with van der Waals surface area (Å²) >= 11 is 0. The Morgan fingerprint density at radius 1 is 1.21 bits per heavy atom. The van der Waals surface area contributed by atoms with Crippen molar-refractivity contribution in [3.63, 3.8) is 0 Å². The van der Waals surface area contributed by atoms with Crippen molar-refractivity contribution in [2.45, 2.75) is 32.8 Å². The molecule has 0 atom stereocenters. The van der Waals surface area contributed by atoms with Crippen LogP contribution in [0, 0.1) is 11.6 Å². The lowest BCUT2D eigenvalue weighted by Gasteiger charge is -2.23. The summed E-state index contributed by atoms with van der Waals surface area (Å²) < 4.78 is 38.9. The summed E-state index contributed by atoms with van der Waals surface area (Å²) in [7, 11) is 0. The van der Waals surface area contributed by atoms with Crippen LogP contribution in [-0.2, 0) is 9.47 Å². The Hall–Kier alpha value is -2.80. The highest BCUT2D eigenvalue weighted by molar-refractivity contribution is 5.96. The molecule has 148 valence electrons. The Kier molecular flexibility index (Phi) is 5.74. The molecule has 1 aromatic heterocycles. The first-order valence-electron chi connectivity index (χ1n) is 8.96. The number of nitrogens with one attached hydrogen (secondary N) is 1. The number of hydrogen-bond donors (Lipinski definition) is 1. The van der Waals surface area contributed by atoms with E-state index in [1.807, 2.05) is 6.08 Å². The van der Waals surface area contributed by atoms with Gasteiger partial charge in [0.15, 0.2) is 0 Å². The van der Waals surface area contributed by atoms with E-state index in [0.29, 0.717) is 30.9 Å². The standard InChI is InChI=1S/C21H22F2N2O3/c1-21(2,3)28-20(26)25-19-15(16-12-14(22)4-5-17(16)23)6-9-24-18(19)13-7-10-27-11-8-13/h4-7,9,12H,8,10-11H2,1-3H3,(H,25,26). The van der Waals surface area contributed by atoms with Crippen LogP contribution in [0.25, 0.3) is 16.7 Å². The molecule has 0 fully saturated rings. The van der Waals surface area contributed by atoms with Crippen molar-refractivity contribution in [1.82, 2.24) is 4.98 Å². The lowest BCUT2D eigenvalue weighted by Crippen LogP contribution is -2.28. The van der Waals surface area contributed by atoms with Gasteiger partial charge in [0.05, 0.1) is 24.6 Å². The quantitative estimate of drug-likeness (QED) is 0.787. The Labute approximate surface area is 162 Å². The van der Waals surface area contributed by atoms with Crippen molar-refractivity contribution >= 4 is 17.4 Å². The highest BCUT2D eigenvalue weighted by atomic mass is 19.1. The van der Waals surface area contributed by atoms with Crippen molar-refractivity contribution in [3.05, 3.63) is 53.9 Å². The lowest BCUT2D eigenvalue weighted by molar-refractivity contribution is 0.0636. The van der Waals surface area contributed by atoms with E-state index in [0.717, 1.165) is 23.8 Å². The van der Waals surface area contributed by atoms with E-state index in [1.54, 1.807) is 20.8 Å². The molecule has 1 aliphatic heterocycles. The van der Waals surface area contributed by atoms with Gasteiger partial charge in [0.1, 0.15) is 17.2 Å². The predicted molar refractivity (Wildman–Crippen MR) is 103 cm³/mol. The molecular formula is C21H22F2N2O3. The Bertz CT molecular complexity index is 920. The second-order valence-electron chi connectivity index (χ2n) is 7.39. The number of aromatic nitrogens is 1. The van der Waals surface area contributed by atoms with Crippen LogP contribution in [0.5, 0.6) is 0 Å². The molecule has 0 saturated carbocycles. The smallest absolute Gasteiger partial charge is 0.412 e. The molecule has 1 aliphatic rings. The third kappa shape index (κ3) is 4.72. The molecule has 7 heteroatoms. The summed E-state index contributed by atoms with van der Waals surface area (Å²) in [6.45, 7) is 6.15. The van der Waals surface area contributed by atoms with Gasteiger partial charge in [-0.15, -0.1) is 0 Å². The number of rotatable bonds is 3. The average molecular weight is 388 g/mol. The minimum atomic E-state index is -0.714. The van der Waals surface area contributed by atoms with Gasteiger partial charge in [0.2, 0.25) is 0 Å². The molecule has 2 heterocycles. The van der Waals surface area contributed by atoms with Crippen LogP contribution in [0.4, 0.5) is 19.3 Å². The van der Waals surface area contributed by atoms with Gasteiger partial charge in [-0.1, -0.05) is 6.08 Å². The van der Waals surface area contributed by atoms with Gasteiger partial charge in [0.25, 0.3) is 0 Å². The molecule has 28 heavy (non-hydrogen) atoms. The summed E-state index contributed by atoms with van der Waals surface area (Å²) in [6, 6.07) is 4.72. The molecule has 0 saturated heterocycles. The average Bonchev–Trinajstić information content (AvgIpc) is 2.63. The van der Waals surface area contributed by atoms with Crippen LogP contribution in [0.2, 0.25) is 0 Å². The summed E-state index contributed by atoms with van der Waals surface area (Å²) in [5.41, 5.74) is 1.25. The predicted octanol–water partition coefficient (Wildman–Crippen LogP) is 5.18. The summed E-state index contributed by atoms with van der Waals surface area (Å²) in [6.07, 6.45) is 3.25. The minimum Gasteiger partial charge on any atom is -0.444 e.